The van der Waals surface area contributed by atoms with Gasteiger partial charge in [0.25, 0.3) is 5.91 Å². The maximum absolute atomic E-state index is 13.1. The van der Waals surface area contributed by atoms with Crippen LogP contribution in [0.15, 0.2) is 29.6 Å². The van der Waals surface area contributed by atoms with Crippen molar-refractivity contribution in [3.05, 3.63) is 35.8 Å². The first-order valence-corrected chi connectivity index (χ1v) is 9.14. The summed E-state index contributed by atoms with van der Waals surface area (Å²) in [5, 5.41) is 16.3. The van der Waals surface area contributed by atoms with E-state index in [4.69, 9.17) is 10.5 Å². The highest BCUT2D eigenvalue weighted by Crippen LogP contribution is 2.37. The number of phenolic OH excluding ortho intramolecular Hbond substituents is 1. The molecule has 1 aliphatic rings. The number of guanidine groups is 1. The molecular weight excluding hydrogens is 360 g/mol. The van der Waals surface area contributed by atoms with Crippen LogP contribution in [0.25, 0.3) is 11.1 Å². The second-order valence-electron chi connectivity index (χ2n) is 6.30. The topological polar surface area (TPSA) is 135 Å². The normalized spacial score (nSPS) is 13.4. The Bertz CT molecular complexity index is 884. The summed E-state index contributed by atoms with van der Waals surface area (Å²) < 4.78 is 5.36. The summed E-state index contributed by atoms with van der Waals surface area (Å²) in [7, 11) is 1.49. The number of carbonyl (C=O) groups excluding carboxylic acids is 1. The van der Waals surface area contributed by atoms with E-state index in [1.54, 1.807) is 12.3 Å². The Morgan fingerprint density at radius 2 is 2.29 bits per heavy atom. The summed E-state index contributed by atoms with van der Waals surface area (Å²) >= 11 is 0. The van der Waals surface area contributed by atoms with Crippen molar-refractivity contribution < 1.29 is 14.6 Å². The van der Waals surface area contributed by atoms with Crippen molar-refractivity contribution in [3.63, 3.8) is 0 Å². The molecule has 1 aliphatic heterocycles. The standard InChI is InChI=1S/C19H24N6O3/c1-28-18-13(10-21-11-24-18)15-12(4-2-7-20)5-6-14(26)16(15)17(27)25-19-22-8-3-9-23-19/h5-6,10-11,26H,2-4,7-9,20H2,1H3,(H2,22,23,25,27). The minimum absolute atomic E-state index is 0.123. The molecule has 2 aromatic rings. The van der Waals surface area contributed by atoms with Gasteiger partial charge in [-0.1, -0.05) is 6.07 Å². The van der Waals surface area contributed by atoms with E-state index in [-0.39, 0.29) is 11.3 Å². The molecule has 9 nitrogen and oxygen atoms in total. The number of ether oxygens (including phenoxy) is 1. The fraction of sp³-hybridized carbons (Fsp3) is 0.368. The third kappa shape index (κ3) is 4.20. The second kappa shape index (κ2) is 9.14. The molecule has 9 heteroatoms. The van der Waals surface area contributed by atoms with E-state index < -0.39 is 5.91 Å². The van der Waals surface area contributed by atoms with E-state index in [1.165, 1.54) is 19.5 Å². The molecule has 0 saturated heterocycles. The van der Waals surface area contributed by atoms with Gasteiger partial charge in [0.1, 0.15) is 12.1 Å². The van der Waals surface area contributed by atoms with Crippen LogP contribution >= 0.6 is 0 Å². The molecule has 0 radical (unpaired) electrons. The Kier molecular flexibility index (Phi) is 6.38. The minimum atomic E-state index is -0.471. The molecule has 0 saturated carbocycles. The molecular formula is C19H24N6O3. The summed E-state index contributed by atoms with van der Waals surface area (Å²) in [5.74, 6) is 0.0921. The molecule has 0 spiro atoms. The van der Waals surface area contributed by atoms with Gasteiger partial charge in [0.2, 0.25) is 5.88 Å². The maximum Gasteiger partial charge on any atom is 0.262 e. The highest BCUT2D eigenvalue weighted by atomic mass is 16.5. The number of benzene rings is 1. The van der Waals surface area contributed by atoms with Gasteiger partial charge < -0.3 is 20.9 Å². The summed E-state index contributed by atoms with van der Waals surface area (Å²) in [6.45, 7) is 1.87. The van der Waals surface area contributed by atoms with E-state index in [0.717, 1.165) is 24.9 Å². The van der Waals surface area contributed by atoms with Crippen LogP contribution in [0.3, 0.4) is 0 Å². The monoisotopic (exact) mass is 384 g/mol. The van der Waals surface area contributed by atoms with Crippen LogP contribution in [0.1, 0.15) is 28.8 Å². The molecule has 0 aliphatic carbocycles. The van der Waals surface area contributed by atoms with Crippen molar-refractivity contribution in [1.29, 1.82) is 0 Å². The van der Waals surface area contributed by atoms with Gasteiger partial charge in [-0.2, -0.15) is 0 Å². The predicted molar refractivity (Wildman–Crippen MR) is 105 cm³/mol. The number of amides is 1. The van der Waals surface area contributed by atoms with Crippen molar-refractivity contribution in [2.45, 2.75) is 19.3 Å². The average Bonchev–Trinajstić information content (AvgIpc) is 2.73. The molecule has 2 heterocycles. The number of aromatic nitrogens is 2. The fourth-order valence-corrected chi connectivity index (χ4v) is 3.11. The van der Waals surface area contributed by atoms with E-state index in [0.29, 0.717) is 42.5 Å². The molecule has 0 atom stereocenters. The summed E-state index contributed by atoms with van der Waals surface area (Å²) in [6, 6.07) is 3.29. The van der Waals surface area contributed by atoms with Crippen LogP contribution in [0.4, 0.5) is 0 Å². The number of phenols is 1. The predicted octanol–water partition coefficient (Wildman–Crippen LogP) is 0.828. The number of hydrogen-bond acceptors (Lipinski definition) is 8. The SMILES string of the molecule is COc1ncncc1-c1c(CCCN)ccc(O)c1C(=O)NC1=NCCCN1. The molecule has 1 aromatic carbocycles. The lowest BCUT2D eigenvalue weighted by molar-refractivity contribution is 0.0973. The molecule has 28 heavy (non-hydrogen) atoms. The molecule has 0 bridgehead atoms. The fourth-order valence-electron chi connectivity index (χ4n) is 3.11. The molecule has 1 amide bonds. The lowest BCUT2D eigenvalue weighted by Crippen LogP contribution is -2.43. The average molecular weight is 384 g/mol. The highest BCUT2D eigenvalue weighted by molar-refractivity contribution is 6.11. The Balaban J connectivity index is 2.12. The van der Waals surface area contributed by atoms with Gasteiger partial charge in [-0.15, -0.1) is 0 Å². The number of aryl methyl sites for hydroxylation is 1. The van der Waals surface area contributed by atoms with Gasteiger partial charge in [-0.3, -0.25) is 15.1 Å². The number of nitrogens with one attached hydrogen (secondary N) is 2. The number of nitrogens with two attached hydrogens (primary N) is 1. The molecule has 5 N–H and O–H groups in total. The molecule has 1 aromatic heterocycles. The zero-order valence-electron chi connectivity index (χ0n) is 15.7. The van der Waals surface area contributed by atoms with Crippen LogP contribution in [0, 0.1) is 0 Å². The maximum atomic E-state index is 13.1. The van der Waals surface area contributed by atoms with Crippen LogP contribution in [0.5, 0.6) is 11.6 Å². The van der Waals surface area contributed by atoms with Crippen LogP contribution in [-0.4, -0.2) is 53.7 Å². The zero-order valence-corrected chi connectivity index (χ0v) is 15.7. The Labute approximate surface area is 163 Å². The Morgan fingerprint density at radius 1 is 1.43 bits per heavy atom. The van der Waals surface area contributed by atoms with E-state index in [9.17, 15) is 9.90 Å². The summed E-state index contributed by atoms with van der Waals surface area (Å²) in [6.07, 6.45) is 5.20. The van der Waals surface area contributed by atoms with Crippen LogP contribution in [0.2, 0.25) is 0 Å². The lowest BCUT2D eigenvalue weighted by atomic mass is 9.92. The minimum Gasteiger partial charge on any atom is -0.507 e. The van der Waals surface area contributed by atoms with Crippen molar-refractivity contribution >= 4 is 11.9 Å². The first-order chi connectivity index (χ1) is 13.7. The number of nitrogens with zero attached hydrogens (tertiary/aromatic N) is 3. The number of hydrogen-bond donors (Lipinski definition) is 4. The van der Waals surface area contributed by atoms with Gasteiger partial charge in [-0.25, -0.2) is 9.97 Å². The van der Waals surface area contributed by atoms with E-state index in [1.807, 2.05) is 0 Å². The number of aromatic hydroxyl groups is 1. The van der Waals surface area contributed by atoms with Crippen LogP contribution in [-0.2, 0) is 6.42 Å². The van der Waals surface area contributed by atoms with Gasteiger partial charge in [0.05, 0.1) is 18.2 Å². The number of aliphatic imine (C=N–C) groups is 1. The van der Waals surface area contributed by atoms with Crippen molar-refractivity contribution in [2.75, 3.05) is 26.7 Å². The van der Waals surface area contributed by atoms with Crippen molar-refractivity contribution in [2.24, 2.45) is 10.7 Å². The third-order valence-corrected chi connectivity index (χ3v) is 4.41. The zero-order chi connectivity index (χ0) is 19.9. The van der Waals surface area contributed by atoms with Gasteiger partial charge in [0.15, 0.2) is 5.96 Å². The highest BCUT2D eigenvalue weighted by Gasteiger charge is 2.25. The first kappa shape index (κ1) is 19.6. The third-order valence-electron chi connectivity index (χ3n) is 4.41. The summed E-state index contributed by atoms with van der Waals surface area (Å²) in [5.41, 5.74) is 7.69. The van der Waals surface area contributed by atoms with Gasteiger partial charge in [-0.05, 0) is 37.4 Å². The quantitative estimate of drug-likeness (QED) is 0.579. The Morgan fingerprint density at radius 3 is 3.00 bits per heavy atom. The molecule has 3 rings (SSSR count). The van der Waals surface area contributed by atoms with E-state index >= 15 is 0 Å². The molecule has 148 valence electrons. The largest absolute Gasteiger partial charge is 0.507 e. The smallest absolute Gasteiger partial charge is 0.262 e. The number of rotatable bonds is 6. The number of carbonyl (C=O) groups is 1. The van der Waals surface area contributed by atoms with Crippen molar-refractivity contribution in [1.82, 2.24) is 20.6 Å². The van der Waals surface area contributed by atoms with Crippen LogP contribution < -0.4 is 21.1 Å². The van der Waals surface area contributed by atoms with Gasteiger partial charge in [0, 0.05) is 24.8 Å². The van der Waals surface area contributed by atoms with E-state index in [2.05, 4.69) is 25.6 Å². The van der Waals surface area contributed by atoms with Gasteiger partial charge >= 0.3 is 0 Å². The first-order valence-electron chi connectivity index (χ1n) is 9.14. The Hall–Kier alpha value is -3.20. The second-order valence-corrected chi connectivity index (χ2v) is 6.30. The molecule has 0 unspecified atom stereocenters. The number of methoxy groups -OCH3 is 1. The molecule has 0 fully saturated rings. The lowest BCUT2D eigenvalue weighted by Gasteiger charge is -2.19. The summed E-state index contributed by atoms with van der Waals surface area (Å²) in [4.78, 5) is 25.5. The van der Waals surface area contributed by atoms with Crippen molar-refractivity contribution in [3.8, 4) is 22.8 Å².